The number of carbonyl (C=O) groups excluding carboxylic acids is 1. The van der Waals surface area contributed by atoms with Crippen molar-refractivity contribution in [2.75, 3.05) is 27.7 Å². The molecule has 0 bridgehead atoms. The van der Waals surface area contributed by atoms with Crippen LogP contribution in [0, 0.1) is 13.8 Å². The summed E-state index contributed by atoms with van der Waals surface area (Å²) in [4.78, 5) is 14.3. The van der Waals surface area contributed by atoms with Crippen LogP contribution < -0.4 is 10.1 Å². The van der Waals surface area contributed by atoms with Gasteiger partial charge in [-0.3, -0.25) is 4.79 Å². The third kappa shape index (κ3) is 5.06. The fourth-order valence-corrected chi connectivity index (χ4v) is 2.84. The molecule has 25 heavy (non-hydrogen) atoms. The Bertz CT molecular complexity index is 690. The summed E-state index contributed by atoms with van der Waals surface area (Å²) < 4.78 is 10.4. The van der Waals surface area contributed by atoms with E-state index in [2.05, 4.69) is 15.4 Å². The van der Waals surface area contributed by atoms with E-state index in [1.807, 2.05) is 52.2 Å². The molecule has 2 aromatic rings. The maximum absolute atomic E-state index is 12.2. The van der Waals surface area contributed by atoms with Crippen molar-refractivity contribution < 1.29 is 14.1 Å². The Kier molecular flexibility index (Phi) is 6.58. The van der Waals surface area contributed by atoms with Crippen LogP contribution in [-0.2, 0) is 11.2 Å². The number of benzene rings is 1. The molecule has 1 aromatic carbocycles. The van der Waals surface area contributed by atoms with Gasteiger partial charge in [-0.25, -0.2) is 0 Å². The van der Waals surface area contributed by atoms with E-state index in [1.165, 1.54) is 0 Å². The van der Waals surface area contributed by atoms with Gasteiger partial charge in [-0.1, -0.05) is 17.3 Å². The lowest BCUT2D eigenvalue weighted by molar-refractivity contribution is -0.121. The highest BCUT2D eigenvalue weighted by Gasteiger charge is 2.17. The summed E-state index contributed by atoms with van der Waals surface area (Å²) in [6.07, 6.45) is 1.06. The Hall–Kier alpha value is -2.34. The van der Waals surface area contributed by atoms with Crippen LogP contribution in [0.3, 0.4) is 0 Å². The summed E-state index contributed by atoms with van der Waals surface area (Å²) >= 11 is 0. The molecular formula is C19H27N3O3. The van der Waals surface area contributed by atoms with Gasteiger partial charge in [0.1, 0.15) is 11.5 Å². The van der Waals surface area contributed by atoms with Crippen molar-refractivity contribution in [2.45, 2.75) is 32.7 Å². The SMILES string of the molecule is COc1cccc([C@@H](CNC(=O)CCc2c(C)noc2C)N(C)C)c1. The maximum atomic E-state index is 12.2. The molecule has 1 atom stereocenters. The highest BCUT2D eigenvalue weighted by atomic mass is 16.5. The minimum absolute atomic E-state index is 0.0229. The summed E-state index contributed by atoms with van der Waals surface area (Å²) in [5.74, 6) is 1.62. The average Bonchev–Trinajstić information content (AvgIpc) is 2.91. The molecule has 1 heterocycles. The number of aromatic nitrogens is 1. The van der Waals surface area contributed by atoms with E-state index in [4.69, 9.17) is 9.26 Å². The molecule has 136 valence electrons. The first-order chi connectivity index (χ1) is 11.9. The van der Waals surface area contributed by atoms with Crippen LogP contribution in [0.2, 0.25) is 0 Å². The first-order valence-corrected chi connectivity index (χ1v) is 8.41. The number of likely N-dealkylation sites (N-methyl/N-ethyl adjacent to an activating group) is 1. The number of rotatable bonds is 8. The largest absolute Gasteiger partial charge is 0.497 e. The summed E-state index contributed by atoms with van der Waals surface area (Å²) in [6, 6.07) is 8.00. The first-order valence-electron chi connectivity index (χ1n) is 8.41. The number of nitrogens with zero attached hydrogens (tertiary/aromatic N) is 2. The summed E-state index contributed by atoms with van der Waals surface area (Å²) in [7, 11) is 5.65. The van der Waals surface area contributed by atoms with Gasteiger partial charge >= 0.3 is 0 Å². The van der Waals surface area contributed by atoms with Crippen LogP contribution >= 0.6 is 0 Å². The third-order valence-electron chi connectivity index (χ3n) is 4.38. The number of aryl methyl sites for hydroxylation is 2. The van der Waals surface area contributed by atoms with Gasteiger partial charge in [-0.2, -0.15) is 0 Å². The van der Waals surface area contributed by atoms with Crippen LogP contribution in [0.1, 0.15) is 35.0 Å². The second-order valence-electron chi connectivity index (χ2n) is 6.36. The van der Waals surface area contributed by atoms with E-state index in [-0.39, 0.29) is 11.9 Å². The zero-order chi connectivity index (χ0) is 18.4. The van der Waals surface area contributed by atoms with E-state index in [0.29, 0.717) is 19.4 Å². The molecule has 0 aliphatic carbocycles. The molecule has 6 heteroatoms. The fraction of sp³-hybridized carbons (Fsp3) is 0.474. The second-order valence-corrected chi connectivity index (χ2v) is 6.36. The van der Waals surface area contributed by atoms with E-state index in [0.717, 1.165) is 28.3 Å². The third-order valence-corrected chi connectivity index (χ3v) is 4.38. The highest BCUT2D eigenvalue weighted by molar-refractivity contribution is 5.76. The van der Waals surface area contributed by atoms with Gasteiger partial charge in [0.15, 0.2) is 0 Å². The molecule has 6 nitrogen and oxygen atoms in total. The van der Waals surface area contributed by atoms with E-state index in [9.17, 15) is 4.79 Å². The normalized spacial score (nSPS) is 12.2. The lowest BCUT2D eigenvalue weighted by Gasteiger charge is -2.25. The lowest BCUT2D eigenvalue weighted by atomic mass is 10.0. The summed E-state index contributed by atoms with van der Waals surface area (Å²) in [6.45, 7) is 4.31. The van der Waals surface area contributed by atoms with Crippen LogP contribution in [0.5, 0.6) is 5.75 Å². The smallest absolute Gasteiger partial charge is 0.220 e. The second kappa shape index (κ2) is 8.67. The Morgan fingerprint density at radius 2 is 2.12 bits per heavy atom. The number of ether oxygens (including phenoxy) is 1. The van der Waals surface area contributed by atoms with Crippen molar-refractivity contribution in [3.63, 3.8) is 0 Å². The van der Waals surface area contributed by atoms with E-state index < -0.39 is 0 Å². The first kappa shape index (κ1) is 19.0. The maximum Gasteiger partial charge on any atom is 0.220 e. The van der Waals surface area contributed by atoms with Crippen molar-refractivity contribution >= 4 is 5.91 Å². The number of hydrogen-bond donors (Lipinski definition) is 1. The molecule has 1 aromatic heterocycles. The zero-order valence-corrected chi connectivity index (χ0v) is 15.6. The van der Waals surface area contributed by atoms with Crippen molar-refractivity contribution in [1.29, 1.82) is 0 Å². The number of carbonyl (C=O) groups is 1. The topological polar surface area (TPSA) is 67.6 Å². The molecule has 1 N–H and O–H groups in total. The van der Waals surface area contributed by atoms with Gasteiger partial charge in [0, 0.05) is 18.5 Å². The molecule has 0 saturated heterocycles. The average molecular weight is 345 g/mol. The highest BCUT2D eigenvalue weighted by Crippen LogP contribution is 2.22. The Morgan fingerprint density at radius 3 is 2.72 bits per heavy atom. The predicted molar refractivity (Wildman–Crippen MR) is 96.7 cm³/mol. The summed E-state index contributed by atoms with van der Waals surface area (Å²) in [5.41, 5.74) is 2.98. The van der Waals surface area contributed by atoms with E-state index in [1.54, 1.807) is 7.11 Å². The standard InChI is InChI=1S/C19H27N3O3/c1-13-17(14(2)25-21-13)9-10-19(23)20-12-18(22(3)4)15-7-6-8-16(11-15)24-5/h6-8,11,18H,9-10,12H2,1-5H3,(H,20,23)/t18-/m1/s1. The van der Waals surface area contributed by atoms with Gasteiger partial charge < -0.3 is 19.5 Å². The molecular weight excluding hydrogens is 318 g/mol. The quantitative estimate of drug-likeness (QED) is 0.797. The summed E-state index contributed by atoms with van der Waals surface area (Å²) in [5, 5.41) is 6.95. The van der Waals surface area contributed by atoms with Gasteiger partial charge in [-0.05, 0) is 52.1 Å². The molecule has 0 saturated carbocycles. The molecule has 0 fully saturated rings. The van der Waals surface area contributed by atoms with Crippen LogP contribution in [0.15, 0.2) is 28.8 Å². The monoisotopic (exact) mass is 345 g/mol. The predicted octanol–water partition coefficient (Wildman–Crippen LogP) is 2.65. The van der Waals surface area contributed by atoms with E-state index >= 15 is 0 Å². The number of methoxy groups -OCH3 is 1. The Morgan fingerprint density at radius 1 is 1.36 bits per heavy atom. The Labute approximate surface area is 149 Å². The van der Waals surface area contributed by atoms with Crippen molar-refractivity contribution in [2.24, 2.45) is 0 Å². The molecule has 0 aliphatic heterocycles. The van der Waals surface area contributed by atoms with Crippen molar-refractivity contribution in [3.05, 3.63) is 46.8 Å². The van der Waals surface area contributed by atoms with Crippen LogP contribution in [0.25, 0.3) is 0 Å². The van der Waals surface area contributed by atoms with Crippen LogP contribution in [0.4, 0.5) is 0 Å². The molecule has 0 radical (unpaired) electrons. The van der Waals surface area contributed by atoms with Crippen LogP contribution in [-0.4, -0.2) is 43.7 Å². The van der Waals surface area contributed by atoms with Gasteiger partial charge in [0.25, 0.3) is 0 Å². The lowest BCUT2D eigenvalue weighted by Crippen LogP contribution is -2.34. The molecule has 1 amide bonds. The minimum Gasteiger partial charge on any atom is -0.497 e. The molecule has 0 unspecified atom stereocenters. The Balaban J connectivity index is 1.93. The van der Waals surface area contributed by atoms with Crippen molar-refractivity contribution in [3.8, 4) is 5.75 Å². The van der Waals surface area contributed by atoms with Gasteiger partial charge in [0.05, 0.1) is 18.8 Å². The number of amides is 1. The fourth-order valence-electron chi connectivity index (χ4n) is 2.84. The van der Waals surface area contributed by atoms with Crippen molar-refractivity contribution in [1.82, 2.24) is 15.4 Å². The molecule has 0 aliphatic rings. The molecule has 2 rings (SSSR count). The number of hydrogen-bond acceptors (Lipinski definition) is 5. The van der Waals surface area contributed by atoms with Gasteiger partial charge in [0.2, 0.25) is 5.91 Å². The zero-order valence-electron chi connectivity index (χ0n) is 15.6. The minimum atomic E-state index is 0.0229. The van der Waals surface area contributed by atoms with Gasteiger partial charge in [-0.15, -0.1) is 0 Å². The molecule has 0 spiro atoms. The number of nitrogens with one attached hydrogen (secondary N) is 1.